The molecule has 1 aromatic heterocycles. The second kappa shape index (κ2) is 5.36. The normalized spacial score (nSPS) is 23.9. The van der Waals surface area contributed by atoms with Crippen LogP contribution in [0.4, 0.5) is 5.82 Å². The van der Waals surface area contributed by atoms with Gasteiger partial charge in [-0.05, 0) is 38.6 Å². The van der Waals surface area contributed by atoms with Crippen molar-refractivity contribution in [3.8, 4) is 0 Å². The molecule has 0 amide bonds. The van der Waals surface area contributed by atoms with Crippen molar-refractivity contribution in [1.29, 1.82) is 0 Å². The van der Waals surface area contributed by atoms with E-state index < -0.39 is 5.97 Å². The van der Waals surface area contributed by atoms with Gasteiger partial charge in [-0.2, -0.15) is 0 Å². The van der Waals surface area contributed by atoms with Crippen LogP contribution in [0.5, 0.6) is 0 Å². The van der Waals surface area contributed by atoms with Crippen molar-refractivity contribution in [2.45, 2.75) is 43.7 Å². The number of methoxy groups -OCH3 is 1. The zero-order valence-corrected chi connectivity index (χ0v) is 11.7. The average Bonchev–Trinajstić information content (AvgIpc) is 2.45. The molecule has 1 aromatic rings. The third kappa shape index (κ3) is 2.60. The summed E-state index contributed by atoms with van der Waals surface area (Å²) in [6.07, 6.45) is 9.09. The molecule has 108 valence electrons. The van der Waals surface area contributed by atoms with Crippen LogP contribution < -0.4 is 10.6 Å². The molecule has 1 unspecified atom stereocenters. The van der Waals surface area contributed by atoms with Crippen molar-refractivity contribution in [3.05, 3.63) is 18.1 Å². The van der Waals surface area contributed by atoms with E-state index in [9.17, 15) is 4.79 Å². The fraction of sp³-hybridized carbons (Fsp3) is 0.643. The Morgan fingerprint density at radius 3 is 3.05 bits per heavy atom. The summed E-state index contributed by atoms with van der Waals surface area (Å²) in [6.45, 7) is 1.03. The molecule has 3 rings (SSSR count). The number of nitrogens with one attached hydrogen (secondary N) is 2. The lowest BCUT2D eigenvalue weighted by Gasteiger charge is -2.48. The van der Waals surface area contributed by atoms with Crippen LogP contribution in [0, 0.1) is 0 Å². The van der Waals surface area contributed by atoms with Gasteiger partial charge in [0, 0.05) is 11.6 Å². The predicted octanol–water partition coefficient (Wildman–Crippen LogP) is 1.35. The smallest absolute Gasteiger partial charge is 0.358 e. The van der Waals surface area contributed by atoms with E-state index in [0.717, 1.165) is 19.4 Å². The molecular weight excluding hydrogens is 256 g/mol. The second-order valence-corrected chi connectivity index (χ2v) is 5.68. The van der Waals surface area contributed by atoms with E-state index in [0.29, 0.717) is 17.4 Å². The molecule has 2 heterocycles. The summed E-state index contributed by atoms with van der Waals surface area (Å²) >= 11 is 0. The molecule has 1 aliphatic heterocycles. The Bertz CT molecular complexity index is 502. The maximum absolute atomic E-state index is 11.5. The Labute approximate surface area is 118 Å². The summed E-state index contributed by atoms with van der Waals surface area (Å²) in [7, 11) is 1.34. The first-order chi connectivity index (χ1) is 9.71. The highest BCUT2D eigenvalue weighted by Crippen LogP contribution is 2.38. The van der Waals surface area contributed by atoms with Crippen molar-refractivity contribution in [3.63, 3.8) is 0 Å². The summed E-state index contributed by atoms with van der Waals surface area (Å²) in [5.74, 6) is 0.191. The Hall–Kier alpha value is -1.69. The average molecular weight is 276 g/mol. The molecule has 2 aliphatic rings. The molecule has 1 aliphatic carbocycles. The van der Waals surface area contributed by atoms with Gasteiger partial charge in [-0.1, -0.05) is 0 Å². The predicted molar refractivity (Wildman–Crippen MR) is 74.6 cm³/mol. The maximum atomic E-state index is 11.5. The van der Waals surface area contributed by atoms with Gasteiger partial charge in [0.1, 0.15) is 5.82 Å². The van der Waals surface area contributed by atoms with Crippen LogP contribution in [0.1, 0.15) is 42.6 Å². The fourth-order valence-electron chi connectivity index (χ4n) is 3.11. The van der Waals surface area contributed by atoms with E-state index in [1.807, 2.05) is 0 Å². The van der Waals surface area contributed by atoms with Gasteiger partial charge in [0.05, 0.1) is 19.5 Å². The second-order valence-electron chi connectivity index (χ2n) is 5.68. The minimum Gasteiger partial charge on any atom is -0.464 e. The Kier molecular flexibility index (Phi) is 3.56. The number of nitrogens with zero attached hydrogens (tertiary/aromatic N) is 2. The van der Waals surface area contributed by atoms with Crippen LogP contribution in [0.15, 0.2) is 12.4 Å². The van der Waals surface area contributed by atoms with Crippen LogP contribution in [-0.4, -0.2) is 41.2 Å². The molecule has 1 saturated carbocycles. The van der Waals surface area contributed by atoms with Crippen molar-refractivity contribution in [2.24, 2.45) is 0 Å². The third-order valence-corrected chi connectivity index (χ3v) is 4.32. The van der Waals surface area contributed by atoms with Crippen LogP contribution in [-0.2, 0) is 4.74 Å². The lowest BCUT2D eigenvalue weighted by molar-refractivity contribution is 0.0593. The number of esters is 1. The Morgan fingerprint density at radius 1 is 1.50 bits per heavy atom. The van der Waals surface area contributed by atoms with E-state index in [-0.39, 0.29) is 5.69 Å². The van der Waals surface area contributed by atoms with Crippen LogP contribution in [0.2, 0.25) is 0 Å². The molecule has 1 saturated heterocycles. The van der Waals surface area contributed by atoms with Gasteiger partial charge in [0.2, 0.25) is 0 Å². The van der Waals surface area contributed by atoms with Crippen LogP contribution in [0.3, 0.4) is 0 Å². The van der Waals surface area contributed by atoms with Crippen molar-refractivity contribution < 1.29 is 9.53 Å². The Balaban J connectivity index is 1.66. The first-order valence-electron chi connectivity index (χ1n) is 7.13. The summed E-state index contributed by atoms with van der Waals surface area (Å²) in [4.78, 5) is 19.8. The number of anilines is 1. The van der Waals surface area contributed by atoms with Gasteiger partial charge in [0.25, 0.3) is 0 Å². The highest BCUT2D eigenvalue weighted by atomic mass is 16.5. The molecule has 6 heteroatoms. The highest BCUT2D eigenvalue weighted by molar-refractivity contribution is 5.87. The lowest BCUT2D eigenvalue weighted by Crippen LogP contribution is -2.58. The minimum atomic E-state index is -0.457. The number of aromatic nitrogens is 2. The van der Waals surface area contributed by atoms with Gasteiger partial charge >= 0.3 is 5.97 Å². The Morgan fingerprint density at radius 2 is 2.35 bits per heavy atom. The molecule has 1 atom stereocenters. The van der Waals surface area contributed by atoms with Crippen LogP contribution in [0.25, 0.3) is 0 Å². The van der Waals surface area contributed by atoms with E-state index in [1.54, 1.807) is 6.20 Å². The van der Waals surface area contributed by atoms with E-state index in [2.05, 4.69) is 25.3 Å². The quantitative estimate of drug-likeness (QED) is 0.812. The number of carbonyl (C=O) groups excluding carboxylic acids is 1. The number of hydrogen-bond donors (Lipinski definition) is 2. The number of carbonyl (C=O) groups is 1. The van der Waals surface area contributed by atoms with Crippen molar-refractivity contribution in [2.75, 3.05) is 19.0 Å². The molecule has 2 N–H and O–H groups in total. The summed E-state index contributed by atoms with van der Waals surface area (Å²) in [5.41, 5.74) is 0.577. The summed E-state index contributed by atoms with van der Waals surface area (Å²) in [6, 6.07) is 0.388. The molecule has 0 radical (unpaired) electrons. The molecular formula is C14H20N4O2. The molecule has 6 nitrogen and oxygen atoms in total. The lowest BCUT2D eigenvalue weighted by atomic mass is 9.70. The topological polar surface area (TPSA) is 76.1 Å². The molecule has 0 aromatic carbocycles. The maximum Gasteiger partial charge on any atom is 0.358 e. The highest BCUT2D eigenvalue weighted by Gasteiger charge is 2.40. The zero-order chi connectivity index (χ0) is 14.0. The fourth-order valence-corrected chi connectivity index (χ4v) is 3.11. The number of hydrogen-bond acceptors (Lipinski definition) is 6. The zero-order valence-electron chi connectivity index (χ0n) is 11.7. The standard InChI is InChI=1S/C14H20N4O2/c1-20-13(19)11-8-15-9-12(18-11)17-10-3-6-16-14(7-10)4-2-5-14/h8-10,16H,2-7H2,1H3,(H,17,18). The summed E-state index contributed by atoms with van der Waals surface area (Å²) in [5, 5.41) is 7.04. The third-order valence-electron chi connectivity index (χ3n) is 4.32. The van der Waals surface area contributed by atoms with Crippen LogP contribution >= 0.6 is 0 Å². The first-order valence-corrected chi connectivity index (χ1v) is 7.13. The van der Waals surface area contributed by atoms with E-state index >= 15 is 0 Å². The SMILES string of the molecule is COC(=O)c1cncc(NC2CCNC3(CCC3)C2)n1. The molecule has 20 heavy (non-hydrogen) atoms. The van der Waals surface area contributed by atoms with Gasteiger partial charge < -0.3 is 15.4 Å². The van der Waals surface area contributed by atoms with Gasteiger partial charge in [0.15, 0.2) is 5.69 Å². The minimum absolute atomic E-state index is 0.241. The van der Waals surface area contributed by atoms with Gasteiger partial charge in [-0.3, -0.25) is 4.98 Å². The number of piperidine rings is 1. The number of rotatable bonds is 3. The molecule has 1 spiro atoms. The van der Waals surface area contributed by atoms with Crippen molar-refractivity contribution in [1.82, 2.24) is 15.3 Å². The number of ether oxygens (including phenoxy) is 1. The summed E-state index contributed by atoms with van der Waals surface area (Å²) < 4.78 is 4.66. The first kappa shape index (κ1) is 13.3. The monoisotopic (exact) mass is 276 g/mol. The van der Waals surface area contributed by atoms with E-state index in [4.69, 9.17) is 0 Å². The largest absolute Gasteiger partial charge is 0.464 e. The molecule has 0 bridgehead atoms. The van der Waals surface area contributed by atoms with Crippen molar-refractivity contribution >= 4 is 11.8 Å². The van der Waals surface area contributed by atoms with Gasteiger partial charge in [-0.25, -0.2) is 9.78 Å². The van der Waals surface area contributed by atoms with Gasteiger partial charge in [-0.15, -0.1) is 0 Å². The molecule has 2 fully saturated rings. The van der Waals surface area contributed by atoms with E-state index in [1.165, 1.54) is 32.6 Å².